The van der Waals surface area contributed by atoms with Crippen LogP contribution in [0.5, 0.6) is 0 Å². The van der Waals surface area contributed by atoms with Crippen LogP contribution in [0.2, 0.25) is 0 Å². The van der Waals surface area contributed by atoms with Gasteiger partial charge in [0.2, 0.25) is 35.4 Å². The second-order valence-corrected chi connectivity index (χ2v) is 24.6. The third-order valence-electron chi connectivity index (χ3n) is 16.6. The average molecular weight is 1200 g/mol. The van der Waals surface area contributed by atoms with Gasteiger partial charge in [-0.1, -0.05) is 90.1 Å². The molecule has 4 aromatic rings. The van der Waals surface area contributed by atoms with Crippen LogP contribution in [-0.4, -0.2) is 143 Å². The van der Waals surface area contributed by atoms with Crippen molar-refractivity contribution in [2.24, 2.45) is 10.8 Å². The molecule has 2 saturated heterocycles. The van der Waals surface area contributed by atoms with Crippen LogP contribution in [0, 0.1) is 10.8 Å². The highest BCUT2D eigenvalue weighted by molar-refractivity contribution is 5.98. The molecular formula is C62H84Cl2N12O8. The lowest BCUT2D eigenvalue weighted by molar-refractivity contribution is -0.144. The number of carbonyl (C=O) groups is 8. The molecule has 4 aliphatic rings. The number of carbonyl (C=O) groups excluding carboxylic acids is 8. The molecule has 0 saturated carbocycles. The second kappa shape index (κ2) is 28.3. The quantitative estimate of drug-likeness (QED) is 0.0691. The number of nitrogens with one attached hydrogen (secondary N) is 8. The van der Waals surface area contributed by atoms with E-state index < -0.39 is 82.8 Å². The fourth-order valence-corrected chi connectivity index (χ4v) is 11.5. The monoisotopic (exact) mass is 1190 g/mol. The van der Waals surface area contributed by atoms with Crippen LogP contribution in [-0.2, 0) is 41.6 Å². The van der Waals surface area contributed by atoms with E-state index in [1.807, 2.05) is 77.9 Å². The highest BCUT2D eigenvalue weighted by Gasteiger charge is 2.48. The van der Waals surface area contributed by atoms with Gasteiger partial charge >= 0.3 is 0 Å². The number of aryl methyl sites for hydroxylation is 2. The number of pyridine rings is 2. The molecule has 10 atom stereocenters. The number of aromatic nitrogens is 2. The molecule has 2 fully saturated rings. The molecule has 20 nitrogen and oxygen atoms in total. The molecule has 0 spiro atoms. The van der Waals surface area contributed by atoms with Gasteiger partial charge in [0.15, 0.2) is 0 Å². The molecular weight excluding hydrogens is 1110 g/mol. The summed E-state index contributed by atoms with van der Waals surface area (Å²) < 4.78 is 0. The topological polar surface area (TPSA) is 265 Å². The highest BCUT2D eigenvalue weighted by atomic mass is 35.5. The number of likely N-dealkylation sites (tertiary alicyclic amines) is 2. The first-order valence-corrected chi connectivity index (χ1v) is 28.8. The summed E-state index contributed by atoms with van der Waals surface area (Å²) in [4.78, 5) is 124. The number of likely N-dealkylation sites (N-methyl/N-ethyl adjacent to an activating group) is 2. The molecule has 22 heteroatoms. The largest absolute Gasteiger partial charge is 0.347 e. The van der Waals surface area contributed by atoms with E-state index in [0.29, 0.717) is 11.4 Å². The summed E-state index contributed by atoms with van der Waals surface area (Å²) >= 11 is 0. The van der Waals surface area contributed by atoms with Crippen molar-refractivity contribution in [1.29, 1.82) is 0 Å². The van der Waals surface area contributed by atoms with Crippen molar-refractivity contribution in [2.75, 3.05) is 27.2 Å². The Morgan fingerprint density at radius 1 is 0.524 bits per heavy atom. The van der Waals surface area contributed by atoms with Crippen molar-refractivity contribution in [1.82, 2.24) is 62.3 Å². The average Bonchev–Trinajstić information content (AvgIpc) is 4.19. The minimum Gasteiger partial charge on any atom is -0.347 e. The Hall–Kier alpha value is -7.00. The first kappa shape index (κ1) is 66.1. The van der Waals surface area contributed by atoms with Gasteiger partial charge in [-0.3, -0.25) is 48.3 Å². The van der Waals surface area contributed by atoms with Crippen molar-refractivity contribution in [3.63, 3.8) is 0 Å². The zero-order chi connectivity index (χ0) is 59.2. The Morgan fingerprint density at radius 3 is 1.23 bits per heavy atom. The lowest BCUT2D eigenvalue weighted by Gasteiger charge is -2.36. The van der Waals surface area contributed by atoms with Crippen molar-refractivity contribution in [3.05, 3.63) is 119 Å². The summed E-state index contributed by atoms with van der Waals surface area (Å²) in [6.07, 6.45) is 8.21. The summed E-state index contributed by atoms with van der Waals surface area (Å²) in [6, 6.07) is 15.8. The first-order chi connectivity index (χ1) is 38.9. The highest BCUT2D eigenvalue weighted by Crippen LogP contribution is 2.34. The Bertz CT molecular complexity index is 2820. The fraction of sp³-hybridized carbons (Fsp3) is 0.516. The van der Waals surface area contributed by atoms with E-state index in [1.165, 1.54) is 33.3 Å². The Balaban J connectivity index is 0.00000566. The molecule has 0 radical (unpaired) electrons. The summed E-state index contributed by atoms with van der Waals surface area (Å²) in [6.45, 7) is 14.6. The Kier molecular flexibility index (Phi) is 22.3. The third-order valence-corrected chi connectivity index (χ3v) is 16.6. The summed E-state index contributed by atoms with van der Waals surface area (Å²) in [7, 11) is 3.32. The molecule has 2 aliphatic carbocycles. The van der Waals surface area contributed by atoms with Gasteiger partial charge in [0.25, 0.3) is 11.8 Å². The standard InChI is InChI=1S/C62H82N12O8.2ClH/c1-35(63-9)53(75)71-51(61(3,4)5)59(81)73-33-41(29-49(73)57(79)69-45-23-15-19-37-17-11-13-21-43(37)45)67-55(77)39-25-27-47(65-31-39)48-28-26-40(32-66-48)56(78)68-42-30-50(58(80)70-46-24-16-20-38-18-12-14-22-44(38)46)74(34-42)60(82)52(62(6,7)8)72-54(76)36(2)64-10;;/h11-14,17-18,21-22,25-28,31-32,35-36,41-42,45-46,49-52,63-64H,15-16,19-20,23-24,29-30,33-34H2,1-10H3,(H,67,77)(H,68,78)(H,69,79)(H,70,80)(H,71,75)(H,72,76);2*1H/t35-,36-,41-,42-,45+,46+,49-,50?,51-,52-;;/m0../s1. The van der Waals surface area contributed by atoms with E-state index in [2.05, 4.69) is 64.6 Å². The van der Waals surface area contributed by atoms with Gasteiger partial charge in [0, 0.05) is 37.6 Å². The molecule has 8 rings (SSSR count). The SMILES string of the molecule is CN[C@@H](C)C(=O)N[C@@H](C(=O)N1C[C@@H](NC(=O)c2ccc(-c3ccc(C(=O)N[C@H]4C[C@@H](C(=O)N[C@@H]5CCCc6ccccc65)N(C(=O)[C@H](NC(=O)[C@H](C)NC)C(C)(C)C)C4)cn3)nc2)CC1C(=O)N[C@@H]1CCCc2ccccc21)C(C)(C)C.Cl.Cl. The molecule has 2 aromatic carbocycles. The smallest absolute Gasteiger partial charge is 0.253 e. The predicted molar refractivity (Wildman–Crippen MR) is 325 cm³/mol. The van der Waals surface area contributed by atoms with Crippen LogP contribution >= 0.6 is 24.8 Å². The maximum absolute atomic E-state index is 14.6. The van der Waals surface area contributed by atoms with Gasteiger partial charge in [-0.15, -0.1) is 24.8 Å². The van der Waals surface area contributed by atoms with Gasteiger partial charge in [-0.05, 0) is 137 Å². The number of hydrogen-bond donors (Lipinski definition) is 8. The minimum absolute atomic E-state index is 0. The first-order valence-electron chi connectivity index (χ1n) is 28.8. The van der Waals surface area contributed by atoms with E-state index in [1.54, 1.807) is 52.2 Å². The number of halogens is 2. The molecule has 0 bridgehead atoms. The Morgan fingerprint density at radius 2 is 0.893 bits per heavy atom. The lowest BCUT2D eigenvalue weighted by atomic mass is 9.85. The fourth-order valence-electron chi connectivity index (χ4n) is 11.5. The number of fused-ring (bicyclic) bond motifs is 2. The molecule has 2 aliphatic heterocycles. The zero-order valence-corrected chi connectivity index (χ0v) is 51.4. The van der Waals surface area contributed by atoms with E-state index in [9.17, 15) is 38.4 Å². The third kappa shape index (κ3) is 15.5. The van der Waals surface area contributed by atoms with Crippen LogP contribution in [0.4, 0.5) is 0 Å². The van der Waals surface area contributed by atoms with Crippen molar-refractivity contribution >= 4 is 72.1 Å². The van der Waals surface area contributed by atoms with Crippen LogP contribution in [0.15, 0.2) is 85.2 Å². The van der Waals surface area contributed by atoms with E-state index in [-0.39, 0.29) is 97.6 Å². The van der Waals surface area contributed by atoms with Crippen molar-refractivity contribution < 1.29 is 38.4 Å². The van der Waals surface area contributed by atoms with Crippen LogP contribution in [0.25, 0.3) is 11.4 Å². The van der Waals surface area contributed by atoms with Gasteiger partial charge in [-0.25, -0.2) is 0 Å². The number of nitrogens with zero attached hydrogens (tertiary/aromatic N) is 4. The maximum atomic E-state index is 14.6. The molecule has 2 aromatic heterocycles. The minimum atomic E-state index is -0.972. The van der Waals surface area contributed by atoms with E-state index in [0.717, 1.165) is 49.7 Å². The predicted octanol–water partition coefficient (Wildman–Crippen LogP) is 5.05. The summed E-state index contributed by atoms with van der Waals surface area (Å²) in [5.41, 5.74) is 4.30. The molecule has 454 valence electrons. The normalized spacial score (nSPS) is 21.5. The second-order valence-electron chi connectivity index (χ2n) is 24.6. The molecule has 8 amide bonds. The van der Waals surface area contributed by atoms with Gasteiger partial charge < -0.3 is 52.3 Å². The van der Waals surface area contributed by atoms with Crippen molar-refractivity contribution in [3.8, 4) is 11.4 Å². The summed E-state index contributed by atoms with van der Waals surface area (Å²) in [5, 5.41) is 24.2. The Labute approximate surface area is 505 Å². The van der Waals surface area contributed by atoms with Crippen LogP contribution < -0.4 is 42.5 Å². The van der Waals surface area contributed by atoms with Crippen LogP contribution in [0.1, 0.15) is 149 Å². The maximum Gasteiger partial charge on any atom is 0.253 e. The lowest BCUT2D eigenvalue weighted by Crippen LogP contribution is -2.59. The number of amides is 8. The van der Waals surface area contributed by atoms with Gasteiger partial charge in [0.05, 0.1) is 46.7 Å². The van der Waals surface area contributed by atoms with Gasteiger partial charge in [0.1, 0.15) is 24.2 Å². The van der Waals surface area contributed by atoms with E-state index in [4.69, 9.17) is 0 Å². The number of benzene rings is 2. The molecule has 1 unspecified atom stereocenters. The molecule has 8 N–H and O–H groups in total. The van der Waals surface area contributed by atoms with Gasteiger partial charge in [-0.2, -0.15) is 0 Å². The number of hydrogen-bond acceptors (Lipinski definition) is 12. The molecule has 84 heavy (non-hydrogen) atoms. The number of rotatable bonds is 17. The zero-order valence-electron chi connectivity index (χ0n) is 49.8. The van der Waals surface area contributed by atoms with Crippen molar-refractivity contribution in [2.45, 2.75) is 167 Å². The molecule has 4 heterocycles. The van der Waals surface area contributed by atoms with Crippen LogP contribution in [0.3, 0.4) is 0 Å². The summed E-state index contributed by atoms with van der Waals surface area (Å²) in [5.74, 6) is -3.16. The van der Waals surface area contributed by atoms with E-state index >= 15 is 0 Å².